The highest BCUT2D eigenvalue weighted by molar-refractivity contribution is 7.10. The summed E-state index contributed by atoms with van der Waals surface area (Å²) in [5.41, 5.74) is 4.53. The molecule has 0 saturated carbocycles. The van der Waals surface area contributed by atoms with Crippen LogP contribution in [0.4, 0.5) is 0 Å². The van der Waals surface area contributed by atoms with Gasteiger partial charge in [-0.1, -0.05) is 56.3 Å². The Morgan fingerprint density at radius 1 is 1.03 bits per heavy atom. The number of carboxylic acids is 1. The van der Waals surface area contributed by atoms with E-state index in [9.17, 15) is 4.79 Å². The first-order valence-electron chi connectivity index (χ1n) is 10.5. The molecule has 0 amide bonds. The van der Waals surface area contributed by atoms with Gasteiger partial charge in [0.2, 0.25) is 0 Å². The molecule has 2 aromatic carbocycles. The predicted octanol–water partition coefficient (Wildman–Crippen LogP) is 6.33. The first kappa shape index (κ1) is 24.6. The summed E-state index contributed by atoms with van der Waals surface area (Å²) >= 11 is 1.65. The number of carbonyl (C=O) groups is 1. The Bertz CT molecular complexity index is 1180. The van der Waals surface area contributed by atoms with E-state index < -0.39 is 5.97 Å². The van der Waals surface area contributed by atoms with Crippen LogP contribution in [0.2, 0.25) is 0 Å². The zero-order valence-electron chi connectivity index (χ0n) is 18.4. The summed E-state index contributed by atoms with van der Waals surface area (Å²) in [6.07, 6.45) is 1.80. The molecule has 0 fully saturated rings. The fourth-order valence-electron chi connectivity index (χ4n) is 3.47. The molecule has 5 nitrogen and oxygen atoms in total. The Morgan fingerprint density at radius 3 is 2.36 bits per heavy atom. The van der Waals surface area contributed by atoms with E-state index in [4.69, 9.17) is 10.1 Å². The third-order valence-electron chi connectivity index (χ3n) is 5.34. The molecule has 33 heavy (non-hydrogen) atoms. The van der Waals surface area contributed by atoms with Crippen LogP contribution < -0.4 is 5.32 Å². The highest BCUT2D eigenvalue weighted by Crippen LogP contribution is 2.27. The van der Waals surface area contributed by atoms with Crippen molar-refractivity contribution in [2.75, 3.05) is 0 Å². The van der Waals surface area contributed by atoms with Gasteiger partial charge in [-0.25, -0.2) is 14.8 Å². The van der Waals surface area contributed by atoms with E-state index in [1.54, 1.807) is 29.7 Å². The van der Waals surface area contributed by atoms with Crippen LogP contribution in [0.1, 0.15) is 58.0 Å². The highest BCUT2D eigenvalue weighted by atomic mass is 35.5. The lowest BCUT2D eigenvalue weighted by molar-refractivity contribution is 0.0697. The Labute approximate surface area is 204 Å². The van der Waals surface area contributed by atoms with Gasteiger partial charge >= 0.3 is 5.97 Å². The average Bonchev–Trinajstić information content (AvgIpc) is 3.34. The van der Waals surface area contributed by atoms with Crippen molar-refractivity contribution < 1.29 is 9.90 Å². The van der Waals surface area contributed by atoms with E-state index in [2.05, 4.69) is 54.5 Å². The lowest BCUT2D eigenvalue weighted by Crippen LogP contribution is -2.23. The monoisotopic (exact) mass is 479 g/mol. The predicted molar refractivity (Wildman–Crippen MR) is 135 cm³/mol. The zero-order chi connectivity index (χ0) is 22.5. The van der Waals surface area contributed by atoms with Crippen molar-refractivity contribution in [2.45, 2.75) is 32.4 Å². The molecule has 170 valence electrons. The van der Waals surface area contributed by atoms with Crippen LogP contribution in [0.3, 0.4) is 0 Å². The molecule has 0 bridgehead atoms. The van der Waals surface area contributed by atoms with E-state index in [0.29, 0.717) is 18.3 Å². The van der Waals surface area contributed by atoms with Crippen molar-refractivity contribution >= 4 is 29.7 Å². The van der Waals surface area contributed by atoms with Crippen LogP contribution in [-0.2, 0) is 6.54 Å². The van der Waals surface area contributed by atoms with Gasteiger partial charge in [-0.3, -0.25) is 5.32 Å². The first-order valence-corrected chi connectivity index (χ1v) is 11.4. The minimum Gasteiger partial charge on any atom is -0.478 e. The molecule has 2 N–H and O–H groups in total. The molecule has 1 unspecified atom stereocenters. The fourth-order valence-corrected chi connectivity index (χ4v) is 4.27. The lowest BCUT2D eigenvalue weighted by atomic mass is 10.0. The average molecular weight is 480 g/mol. The first-order chi connectivity index (χ1) is 15.5. The van der Waals surface area contributed by atoms with Crippen molar-refractivity contribution in [3.05, 3.63) is 106 Å². The molecule has 4 aromatic rings. The summed E-state index contributed by atoms with van der Waals surface area (Å²) in [6.45, 7) is 4.94. The number of nitrogens with zero attached hydrogens (tertiary/aromatic N) is 2. The second kappa shape index (κ2) is 11.2. The molecule has 0 aliphatic heterocycles. The van der Waals surface area contributed by atoms with Gasteiger partial charge in [-0.05, 0) is 46.7 Å². The Balaban J connectivity index is 0.00000306. The molecule has 0 aliphatic carbocycles. The number of carboxylic acid groups (broad SMARTS) is 1. The largest absolute Gasteiger partial charge is 0.478 e. The van der Waals surface area contributed by atoms with E-state index in [1.807, 2.05) is 29.6 Å². The summed E-state index contributed by atoms with van der Waals surface area (Å²) in [4.78, 5) is 21.7. The molecule has 4 rings (SSSR count). The zero-order valence-corrected chi connectivity index (χ0v) is 20.1. The molecule has 7 heteroatoms. The van der Waals surface area contributed by atoms with Crippen molar-refractivity contribution in [1.29, 1.82) is 0 Å². The van der Waals surface area contributed by atoms with Gasteiger partial charge in [-0.15, -0.1) is 23.7 Å². The number of benzene rings is 2. The number of hydrogen-bond acceptors (Lipinski definition) is 5. The number of hydrogen-bond donors (Lipinski definition) is 2. The molecule has 0 spiro atoms. The van der Waals surface area contributed by atoms with Gasteiger partial charge in [-0.2, -0.15) is 0 Å². The Morgan fingerprint density at radius 2 is 1.76 bits per heavy atom. The second-order valence-corrected chi connectivity index (χ2v) is 8.89. The quantitative estimate of drug-likeness (QED) is 0.309. The number of halogens is 1. The van der Waals surface area contributed by atoms with Crippen LogP contribution in [0, 0.1) is 0 Å². The van der Waals surface area contributed by atoms with Crippen LogP contribution in [-0.4, -0.2) is 21.0 Å². The van der Waals surface area contributed by atoms with Gasteiger partial charge in [0.1, 0.15) is 6.04 Å². The van der Waals surface area contributed by atoms with E-state index in [1.165, 1.54) is 5.56 Å². The minimum atomic E-state index is -0.924. The maximum atomic E-state index is 11.1. The SMILES string of the molecule is CC(C)c1ccc(-c2ccnc(C(NCc3ccc(C(=O)O)cc3)c3cccs3)n2)cc1.Cl. The molecule has 2 heterocycles. The van der Waals surface area contributed by atoms with Crippen molar-refractivity contribution in [2.24, 2.45) is 0 Å². The highest BCUT2D eigenvalue weighted by Gasteiger charge is 2.19. The van der Waals surface area contributed by atoms with E-state index in [-0.39, 0.29) is 24.0 Å². The van der Waals surface area contributed by atoms with Gasteiger partial charge in [0, 0.05) is 23.2 Å². The van der Waals surface area contributed by atoms with Gasteiger partial charge in [0.15, 0.2) is 5.82 Å². The normalized spacial score (nSPS) is 11.7. The maximum Gasteiger partial charge on any atom is 0.335 e. The summed E-state index contributed by atoms with van der Waals surface area (Å²) in [7, 11) is 0. The number of thiophene rings is 1. The van der Waals surface area contributed by atoms with Crippen LogP contribution >= 0.6 is 23.7 Å². The maximum absolute atomic E-state index is 11.1. The number of nitrogens with one attached hydrogen (secondary N) is 1. The summed E-state index contributed by atoms with van der Waals surface area (Å²) in [5, 5.41) is 14.7. The van der Waals surface area contributed by atoms with Crippen molar-refractivity contribution in [1.82, 2.24) is 15.3 Å². The molecule has 0 radical (unpaired) electrons. The summed E-state index contributed by atoms with van der Waals surface area (Å²) < 4.78 is 0. The topological polar surface area (TPSA) is 75.1 Å². The third-order valence-corrected chi connectivity index (χ3v) is 6.28. The fraction of sp³-hybridized carbons (Fsp3) is 0.192. The lowest BCUT2D eigenvalue weighted by Gasteiger charge is -2.17. The van der Waals surface area contributed by atoms with Crippen LogP contribution in [0.5, 0.6) is 0 Å². The van der Waals surface area contributed by atoms with E-state index in [0.717, 1.165) is 21.7 Å². The van der Waals surface area contributed by atoms with E-state index >= 15 is 0 Å². The van der Waals surface area contributed by atoms with Crippen molar-refractivity contribution in [3.8, 4) is 11.3 Å². The molecule has 0 aliphatic rings. The number of aromatic carboxylic acids is 1. The standard InChI is InChI=1S/C26H25N3O2S.ClH/c1-17(2)19-9-11-20(12-10-19)22-13-14-27-25(29-22)24(23-4-3-15-32-23)28-16-18-5-7-21(8-6-18)26(30)31;/h3-15,17,24,28H,16H2,1-2H3,(H,30,31);1H. The smallest absolute Gasteiger partial charge is 0.335 e. The molecular formula is C26H26ClN3O2S. The molecule has 0 saturated heterocycles. The summed E-state index contributed by atoms with van der Waals surface area (Å²) in [6, 6.07) is 21.3. The summed E-state index contributed by atoms with van der Waals surface area (Å²) in [5.74, 6) is 0.273. The van der Waals surface area contributed by atoms with Gasteiger partial charge in [0.25, 0.3) is 0 Å². The minimum absolute atomic E-state index is 0. The third kappa shape index (κ3) is 6.05. The van der Waals surface area contributed by atoms with Gasteiger partial charge < -0.3 is 5.11 Å². The van der Waals surface area contributed by atoms with Gasteiger partial charge in [0.05, 0.1) is 11.3 Å². The number of aromatic nitrogens is 2. The number of rotatable bonds is 8. The van der Waals surface area contributed by atoms with Crippen LogP contribution in [0.15, 0.2) is 78.3 Å². The van der Waals surface area contributed by atoms with Crippen molar-refractivity contribution in [3.63, 3.8) is 0 Å². The Kier molecular flexibility index (Phi) is 8.33. The Hall–Kier alpha value is -3.06. The molecule has 2 aromatic heterocycles. The van der Waals surface area contributed by atoms with Crippen LogP contribution in [0.25, 0.3) is 11.3 Å². The molecular weight excluding hydrogens is 454 g/mol. The molecule has 1 atom stereocenters. The second-order valence-electron chi connectivity index (χ2n) is 7.91.